The van der Waals surface area contributed by atoms with Gasteiger partial charge in [0.05, 0.1) is 10.5 Å². The number of nitriles is 1. The Morgan fingerprint density at radius 1 is 1.22 bits per heavy atom. The second-order valence-corrected chi connectivity index (χ2v) is 5.16. The van der Waals surface area contributed by atoms with Gasteiger partial charge in [0.15, 0.2) is 0 Å². The second-order valence-electron chi connectivity index (χ2n) is 5.16. The van der Waals surface area contributed by atoms with Crippen LogP contribution in [0.5, 0.6) is 0 Å². The van der Waals surface area contributed by atoms with E-state index >= 15 is 0 Å². The number of rotatable bonds is 2. The molecule has 5 heteroatoms. The molecule has 0 unspecified atom stereocenters. The summed E-state index contributed by atoms with van der Waals surface area (Å²) in [4.78, 5) is 12.3. The van der Waals surface area contributed by atoms with E-state index in [-0.39, 0.29) is 11.3 Å². The summed E-state index contributed by atoms with van der Waals surface area (Å²) >= 11 is 0. The third-order valence-corrected chi connectivity index (χ3v) is 3.79. The van der Waals surface area contributed by atoms with Crippen molar-refractivity contribution in [2.45, 2.75) is 0 Å². The Morgan fingerprint density at radius 3 is 2.74 bits per heavy atom. The van der Waals surface area contributed by atoms with Gasteiger partial charge in [0.25, 0.3) is 5.69 Å². The summed E-state index contributed by atoms with van der Waals surface area (Å²) in [5.41, 5.74) is 3.96. The SMILES string of the molecule is CN1/C(=C/c2ccc([N+](=O)[O-])cc2C#N)C=Cc2ccccc21. The van der Waals surface area contributed by atoms with E-state index in [1.165, 1.54) is 12.1 Å². The van der Waals surface area contributed by atoms with E-state index in [2.05, 4.69) is 0 Å². The van der Waals surface area contributed by atoms with Crippen molar-refractivity contribution in [2.75, 3.05) is 11.9 Å². The molecular weight excluding hydrogens is 290 g/mol. The maximum atomic E-state index is 10.8. The second kappa shape index (κ2) is 5.78. The highest BCUT2D eigenvalue weighted by atomic mass is 16.6. The van der Waals surface area contributed by atoms with Crippen LogP contribution >= 0.6 is 0 Å². The molecule has 0 fully saturated rings. The van der Waals surface area contributed by atoms with Gasteiger partial charge >= 0.3 is 0 Å². The van der Waals surface area contributed by atoms with E-state index in [9.17, 15) is 15.4 Å². The van der Waals surface area contributed by atoms with Crippen LogP contribution in [0.2, 0.25) is 0 Å². The third kappa shape index (κ3) is 2.70. The van der Waals surface area contributed by atoms with Crippen LogP contribution in [-0.2, 0) is 0 Å². The Morgan fingerprint density at radius 2 is 2.00 bits per heavy atom. The van der Waals surface area contributed by atoms with Crippen molar-refractivity contribution < 1.29 is 4.92 Å². The molecule has 0 bridgehead atoms. The van der Waals surface area contributed by atoms with Crippen molar-refractivity contribution >= 4 is 23.5 Å². The van der Waals surface area contributed by atoms with Crippen LogP contribution in [0.25, 0.3) is 12.2 Å². The number of likely N-dealkylation sites (N-methyl/N-ethyl adjacent to an activating group) is 1. The molecule has 0 aromatic heterocycles. The largest absolute Gasteiger partial charge is 0.344 e. The Bertz CT molecular complexity index is 891. The van der Waals surface area contributed by atoms with Crippen molar-refractivity contribution in [3.63, 3.8) is 0 Å². The smallest absolute Gasteiger partial charge is 0.270 e. The van der Waals surface area contributed by atoms with Crippen LogP contribution in [0.3, 0.4) is 0 Å². The topological polar surface area (TPSA) is 70.2 Å². The first kappa shape index (κ1) is 14.5. The van der Waals surface area contributed by atoms with Gasteiger partial charge in [-0.15, -0.1) is 0 Å². The highest BCUT2D eigenvalue weighted by Gasteiger charge is 2.15. The zero-order valence-electron chi connectivity index (χ0n) is 12.4. The van der Waals surface area contributed by atoms with Gasteiger partial charge in [0, 0.05) is 30.6 Å². The van der Waals surface area contributed by atoms with E-state index in [1.54, 1.807) is 6.07 Å². The summed E-state index contributed by atoms with van der Waals surface area (Å²) in [5.74, 6) is 0. The molecule has 0 atom stereocenters. The maximum absolute atomic E-state index is 10.8. The summed E-state index contributed by atoms with van der Waals surface area (Å²) in [6.07, 6.45) is 5.83. The summed E-state index contributed by atoms with van der Waals surface area (Å²) in [6.45, 7) is 0. The molecule has 0 saturated heterocycles. The molecule has 0 aliphatic carbocycles. The van der Waals surface area contributed by atoms with Gasteiger partial charge in [-0.2, -0.15) is 5.26 Å². The average molecular weight is 303 g/mol. The Kier molecular flexibility index (Phi) is 3.65. The van der Waals surface area contributed by atoms with Crippen LogP contribution in [-0.4, -0.2) is 12.0 Å². The van der Waals surface area contributed by atoms with Crippen molar-refractivity contribution in [1.82, 2.24) is 0 Å². The van der Waals surface area contributed by atoms with Gasteiger partial charge in [-0.05, 0) is 35.4 Å². The summed E-state index contributed by atoms with van der Waals surface area (Å²) in [5, 5.41) is 20.1. The standard InChI is InChI=1S/C18H13N3O2/c1-20-16(8-6-13-4-2-3-5-18(13)20)10-14-7-9-17(21(22)23)11-15(14)12-19/h2-11H,1H3/b16-10+. The normalized spacial score (nSPS) is 14.4. The lowest BCUT2D eigenvalue weighted by Crippen LogP contribution is -2.18. The van der Waals surface area contributed by atoms with Crippen LogP contribution in [0.15, 0.2) is 54.2 Å². The maximum Gasteiger partial charge on any atom is 0.270 e. The highest BCUT2D eigenvalue weighted by Crippen LogP contribution is 2.30. The lowest BCUT2D eigenvalue weighted by Gasteiger charge is -2.26. The molecule has 5 nitrogen and oxygen atoms in total. The Labute approximate surface area is 133 Å². The number of allylic oxidation sites excluding steroid dienone is 1. The molecule has 1 aliphatic heterocycles. The lowest BCUT2D eigenvalue weighted by molar-refractivity contribution is -0.384. The van der Waals surface area contributed by atoms with Crippen molar-refractivity contribution in [3.05, 3.63) is 81.0 Å². The minimum Gasteiger partial charge on any atom is -0.344 e. The molecule has 0 amide bonds. The summed E-state index contributed by atoms with van der Waals surface area (Å²) in [7, 11) is 1.95. The number of para-hydroxylation sites is 1. The summed E-state index contributed by atoms with van der Waals surface area (Å²) < 4.78 is 0. The molecule has 23 heavy (non-hydrogen) atoms. The number of fused-ring (bicyclic) bond motifs is 1. The van der Waals surface area contributed by atoms with E-state index < -0.39 is 4.92 Å². The average Bonchev–Trinajstić information content (AvgIpc) is 2.57. The van der Waals surface area contributed by atoms with Crippen LogP contribution in [0, 0.1) is 21.4 Å². The van der Waals surface area contributed by atoms with Crippen LogP contribution in [0.4, 0.5) is 11.4 Å². The lowest BCUT2D eigenvalue weighted by atomic mass is 10.0. The van der Waals surface area contributed by atoms with E-state index in [0.717, 1.165) is 16.9 Å². The molecular formula is C18H13N3O2. The zero-order valence-corrected chi connectivity index (χ0v) is 12.4. The fraction of sp³-hybridized carbons (Fsp3) is 0.0556. The minimum absolute atomic E-state index is 0.0819. The first-order valence-electron chi connectivity index (χ1n) is 7.01. The summed E-state index contributed by atoms with van der Waals surface area (Å²) in [6, 6.07) is 14.3. The molecule has 0 spiro atoms. The first-order chi connectivity index (χ1) is 11.1. The van der Waals surface area contributed by atoms with Gasteiger partial charge < -0.3 is 4.90 Å². The zero-order chi connectivity index (χ0) is 16.4. The highest BCUT2D eigenvalue weighted by molar-refractivity contribution is 5.80. The number of benzene rings is 2. The van der Waals surface area contributed by atoms with E-state index in [1.807, 2.05) is 60.5 Å². The number of hydrogen-bond acceptors (Lipinski definition) is 4. The van der Waals surface area contributed by atoms with E-state index in [4.69, 9.17) is 0 Å². The van der Waals surface area contributed by atoms with Gasteiger partial charge in [0.2, 0.25) is 0 Å². The molecule has 0 saturated carbocycles. The molecule has 1 aliphatic rings. The molecule has 112 valence electrons. The number of nitrogens with zero attached hydrogens (tertiary/aromatic N) is 3. The molecule has 0 N–H and O–H groups in total. The molecule has 3 rings (SSSR count). The Hall–Kier alpha value is -3.39. The number of hydrogen-bond donors (Lipinski definition) is 0. The predicted molar refractivity (Wildman–Crippen MR) is 89.7 cm³/mol. The van der Waals surface area contributed by atoms with Crippen molar-refractivity contribution in [3.8, 4) is 6.07 Å². The fourth-order valence-corrected chi connectivity index (χ4v) is 2.54. The van der Waals surface area contributed by atoms with Crippen molar-refractivity contribution in [2.24, 2.45) is 0 Å². The van der Waals surface area contributed by atoms with Crippen molar-refractivity contribution in [1.29, 1.82) is 5.26 Å². The van der Waals surface area contributed by atoms with E-state index in [0.29, 0.717) is 5.56 Å². The number of nitro groups is 1. The van der Waals surface area contributed by atoms with Gasteiger partial charge in [0.1, 0.15) is 6.07 Å². The Balaban J connectivity index is 2.04. The molecule has 1 heterocycles. The number of anilines is 1. The molecule has 0 radical (unpaired) electrons. The van der Waals surface area contributed by atoms with Gasteiger partial charge in [-0.3, -0.25) is 10.1 Å². The molecule has 2 aromatic rings. The first-order valence-corrected chi connectivity index (χ1v) is 7.01. The fourth-order valence-electron chi connectivity index (χ4n) is 2.54. The third-order valence-electron chi connectivity index (χ3n) is 3.79. The predicted octanol–water partition coefficient (Wildman–Crippen LogP) is 3.97. The number of non-ortho nitro benzene ring substituents is 1. The number of nitro benzene ring substituents is 1. The van der Waals surface area contributed by atoms with Gasteiger partial charge in [-0.1, -0.05) is 24.3 Å². The minimum atomic E-state index is -0.499. The molecule has 2 aromatic carbocycles. The van der Waals surface area contributed by atoms with Crippen LogP contribution < -0.4 is 4.90 Å². The monoisotopic (exact) mass is 303 g/mol. The van der Waals surface area contributed by atoms with Gasteiger partial charge in [-0.25, -0.2) is 0 Å². The van der Waals surface area contributed by atoms with Crippen LogP contribution in [0.1, 0.15) is 16.7 Å². The quantitative estimate of drug-likeness (QED) is 0.621.